The topological polar surface area (TPSA) is 77.2 Å². The van der Waals surface area contributed by atoms with Gasteiger partial charge in [-0.15, -0.1) is 0 Å². The Morgan fingerprint density at radius 1 is 1.20 bits per heavy atom. The van der Waals surface area contributed by atoms with E-state index in [0.29, 0.717) is 0 Å². The van der Waals surface area contributed by atoms with Crippen molar-refractivity contribution in [3.8, 4) is 0 Å². The summed E-state index contributed by atoms with van der Waals surface area (Å²) in [6.07, 6.45) is 0. The highest BCUT2D eigenvalue weighted by Crippen LogP contribution is 2.07. The summed E-state index contributed by atoms with van der Waals surface area (Å²) in [5, 5.41) is 9.20. The predicted octanol–water partition coefficient (Wildman–Crippen LogP) is 0.801. The number of esters is 2. The van der Waals surface area contributed by atoms with E-state index < -0.39 is 23.4 Å². The summed E-state index contributed by atoms with van der Waals surface area (Å²) in [6.45, 7) is 9.79. The lowest BCUT2D eigenvalue weighted by atomic mass is 10.3. The summed E-state index contributed by atoms with van der Waals surface area (Å²) in [6, 6.07) is 0. The van der Waals surface area contributed by atoms with Gasteiger partial charge in [0.15, 0.2) is 0 Å². The zero-order chi connectivity index (χ0) is 11.8. The first-order chi connectivity index (χ1) is 7.08. The standard InChI is InChI=1S/C9H11NO5/c1-4-14-8(12)6(10-3)7(11)9(13)15-5-2/h11H,4-5H2,1-2H3/b7-6+. The lowest BCUT2D eigenvalue weighted by Gasteiger charge is -2.03. The smallest absolute Gasteiger partial charge is 0.362 e. The summed E-state index contributed by atoms with van der Waals surface area (Å²) in [5.74, 6) is -3.18. The first-order valence-electron chi connectivity index (χ1n) is 4.23. The number of aliphatic hydroxyl groups excluding tert-OH is 1. The van der Waals surface area contributed by atoms with Crippen molar-refractivity contribution in [2.24, 2.45) is 0 Å². The van der Waals surface area contributed by atoms with Crippen LogP contribution in [0, 0.1) is 6.57 Å². The Morgan fingerprint density at radius 3 is 2.07 bits per heavy atom. The van der Waals surface area contributed by atoms with Gasteiger partial charge in [-0.05, 0) is 13.8 Å². The molecular formula is C9H11NO5. The van der Waals surface area contributed by atoms with Crippen LogP contribution in [0.2, 0.25) is 0 Å². The maximum absolute atomic E-state index is 11.1. The highest BCUT2D eigenvalue weighted by Gasteiger charge is 2.23. The lowest BCUT2D eigenvalue weighted by Crippen LogP contribution is -2.14. The molecule has 0 aromatic heterocycles. The maximum atomic E-state index is 11.1. The third kappa shape index (κ3) is 3.68. The molecule has 0 unspecified atom stereocenters. The fourth-order valence-corrected chi connectivity index (χ4v) is 0.691. The van der Waals surface area contributed by atoms with Gasteiger partial charge < -0.3 is 14.6 Å². The molecule has 0 amide bonds. The predicted molar refractivity (Wildman–Crippen MR) is 49.5 cm³/mol. The van der Waals surface area contributed by atoms with Gasteiger partial charge >= 0.3 is 17.6 Å². The van der Waals surface area contributed by atoms with Crippen molar-refractivity contribution < 1.29 is 24.2 Å². The van der Waals surface area contributed by atoms with Crippen LogP contribution in [-0.4, -0.2) is 30.3 Å². The number of nitrogens with zero attached hydrogens (tertiary/aromatic N) is 1. The van der Waals surface area contributed by atoms with Crippen molar-refractivity contribution in [1.82, 2.24) is 0 Å². The highest BCUT2D eigenvalue weighted by atomic mass is 16.5. The normalized spacial score (nSPS) is 11.0. The first kappa shape index (κ1) is 13.0. The Bertz CT molecular complexity index is 326. The van der Waals surface area contributed by atoms with Crippen LogP contribution in [0.3, 0.4) is 0 Å². The second-order valence-corrected chi connectivity index (χ2v) is 2.25. The van der Waals surface area contributed by atoms with Crippen molar-refractivity contribution in [1.29, 1.82) is 0 Å². The number of aliphatic hydroxyl groups is 1. The van der Waals surface area contributed by atoms with E-state index in [-0.39, 0.29) is 13.2 Å². The summed E-state index contributed by atoms with van der Waals surface area (Å²) in [4.78, 5) is 24.7. The van der Waals surface area contributed by atoms with E-state index in [1.54, 1.807) is 6.92 Å². The molecule has 15 heavy (non-hydrogen) atoms. The summed E-state index contributed by atoms with van der Waals surface area (Å²) < 4.78 is 8.88. The average Bonchev–Trinajstić information content (AvgIpc) is 2.19. The molecule has 0 saturated heterocycles. The van der Waals surface area contributed by atoms with Crippen LogP contribution in [0.25, 0.3) is 4.85 Å². The Balaban J connectivity index is 4.91. The molecular weight excluding hydrogens is 202 g/mol. The van der Waals surface area contributed by atoms with E-state index in [2.05, 4.69) is 14.3 Å². The van der Waals surface area contributed by atoms with Crippen LogP contribution in [0.4, 0.5) is 0 Å². The van der Waals surface area contributed by atoms with Crippen LogP contribution in [-0.2, 0) is 19.1 Å². The molecule has 0 aliphatic rings. The fraction of sp³-hybridized carbons (Fsp3) is 0.444. The van der Waals surface area contributed by atoms with Crippen LogP contribution < -0.4 is 0 Å². The van der Waals surface area contributed by atoms with Gasteiger partial charge in [0.05, 0.1) is 19.8 Å². The van der Waals surface area contributed by atoms with Crippen LogP contribution >= 0.6 is 0 Å². The number of hydrogen-bond acceptors (Lipinski definition) is 5. The summed E-state index contributed by atoms with van der Waals surface area (Å²) >= 11 is 0. The molecule has 0 aliphatic carbocycles. The Morgan fingerprint density at radius 2 is 1.67 bits per heavy atom. The maximum Gasteiger partial charge on any atom is 0.362 e. The van der Waals surface area contributed by atoms with Crippen molar-refractivity contribution >= 4 is 11.9 Å². The molecule has 0 rings (SSSR count). The minimum atomic E-state index is -1.11. The second-order valence-electron chi connectivity index (χ2n) is 2.25. The minimum absolute atomic E-state index is 0.0387. The molecule has 0 aromatic carbocycles. The van der Waals surface area contributed by atoms with Crippen LogP contribution in [0.15, 0.2) is 11.5 Å². The molecule has 82 valence electrons. The lowest BCUT2D eigenvalue weighted by molar-refractivity contribution is -0.144. The number of carbonyl (C=O) groups is 2. The minimum Gasteiger partial charge on any atom is -0.513 e. The Labute approximate surface area is 86.9 Å². The summed E-state index contributed by atoms with van der Waals surface area (Å²) in [5.41, 5.74) is -0.768. The van der Waals surface area contributed by atoms with Crippen LogP contribution in [0.5, 0.6) is 0 Å². The van der Waals surface area contributed by atoms with E-state index in [9.17, 15) is 14.7 Å². The molecule has 1 N–H and O–H groups in total. The SMILES string of the molecule is [C-]#[N+]/C(C(=O)OCC)=C(/O)C(=O)OCC. The van der Waals surface area contributed by atoms with E-state index in [0.717, 1.165) is 0 Å². The largest absolute Gasteiger partial charge is 0.513 e. The van der Waals surface area contributed by atoms with Gasteiger partial charge in [0, 0.05) is 0 Å². The van der Waals surface area contributed by atoms with Gasteiger partial charge in [-0.2, -0.15) is 0 Å². The molecule has 0 atom stereocenters. The molecule has 6 heteroatoms. The van der Waals surface area contributed by atoms with Crippen molar-refractivity contribution in [3.05, 3.63) is 22.9 Å². The van der Waals surface area contributed by atoms with Crippen molar-refractivity contribution in [3.63, 3.8) is 0 Å². The molecule has 0 spiro atoms. The van der Waals surface area contributed by atoms with Gasteiger partial charge in [0.2, 0.25) is 5.76 Å². The fourth-order valence-electron chi connectivity index (χ4n) is 0.691. The molecule has 0 heterocycles. The third-order valence-electron chi connectivity index (χ3n) is 1.27. The number of hydrogen-bond donors (Lipinski definition) is 1. The van der Waals surface area contributed by atoms with E-state index in [1.807, 2.05) is 0 Å². The molecule has 6 nitrogen and oxygen atoms in total. The average molecular weight is 213 g/mol. The summed E-state index contributed by atoms with van der Waals surface area (Å²) in [7, 11) is 0. The highest BCUT2D eigenvalue weighted by molar-refractivity contribution is 6.00. The van der Waals surface area contributed by atoms with E-state index in [1.165, 1.54) is 6.92 Å². The number of carbonyl (C=O) groups excluding carboxylic acids is 2. The van der Waals surface area contributed by atoms with Crippen molar-refractivity contribution in [2.75, 3.05) is 13.2 Å². The third-order valence-corrected chi connectivity index (χ3v) is 1.27. The van der Waals surface area contributed by atoms with Crippen LogP contribution in [0.1, 0.15) is 13.8 Å². The van der Waals surface area contributed by atoms with Gasteiger partial charge in [-0.1, -0.05) is 0 Å². The molecule has 0 aliphatic heterocycles. The van der Waals surface area contributed by atoms with Gasteiger partial charge in [0.25, 0.3) is 0 Å². The van der Waals surface area contributed by atoms with Gasteiger partial charge in [0.1, 0.15) is 0 Å². The molecule has 0 bridgehead atoms. The van der Waals surface area contributed by atoms with Gasteiger partial charge in [-0.25, -0.2) is 9.64 Å². The zero-order valence-corrected chi connectivity index (χ0v) is 8.44. The molecule has 0 aromatic rings. The monoisotopic (exact) mass is 213 g/mol. The van der Waals surface area contributed by atoms with Crippen molar-refractivity contribution in [2.45, 2.75) is 13.8 Å². The molecule has 0 fully saturated rings. The number of ether oxygens (including phenoxy) is 2. The van der Waals surface area contributed by atoms with E-state index >= 15 is 0 Å². The Hall–Kier alpha value is -2.03. The molecule has 0 radical (unpaired) electrons. The van der Waals surface area contributed by atoms with E-state index in [4.69, 9.17) is 6.57 Å². The molecule has 0 saturated carbocycles. The Kier molecular flexibility index (Phi) is 5.56. The zero-order valence-electron chi connectivity index (χ0n) is 8.44. The van der Waals surface area contributed by atoms with Gasteiger partial charge in [-0.3, -0.25) is 4.79 Å². The quantitative estimate of drug-likeness (QED) is 0.323. The first-order valence-corrected chi connectivity index (χ1v) is 4.23. The second kappa shape index (κ2) is 6.43. The number of rotatable bonds is 4.